The minimum atomic E-state index is -0.303. The molecule has 0 amide bonds. The molecule has 2 saturated carbocycles. The van der Waals surface area contributed by atoms with Crippen LogP contribution in [0.1, 0.15) is 56.6 Å². The van der Waals surface area contributed by atoms with Gasteiger partial charge in [-0.25, -0.2) is 0 Å². The molecule has 0 radical (unpaired) electrons. The van der Waals surface area contributed by atoms with E-state index in [0.29, 0.717) is 17.8 Å². The molecule has 3 nitrogen and oxygen atoms in total. The number of aliphatic hydroxyl groups is 2. The Kier molecular flexibility index (Phi) is 3.92. The SMILES string of the molecule is COc1ccc2c(c1)CCC1C2C(O)CC2(C)C(C(C)O)CCC12. The molecule has 24 heavy (non-hydrogen) atoms. The van der Waals surface area contributed by atoms with Gasteiger partial charge in [0, 0.05) is 5.92 Å². The summed E-state index contributed by atoms with van der Waals surface area (Å²) < 4.78 is 5.38. The summed E-state index contributed by atoms with van der Waals surface area (Å²) in [5.41, 5.74) is 2.77. The number of hydrogen-bond acceptors (Lipinski definition) is 3. The van der Waals surface area contributed by atoms with E-state index in [-0.39, 0.29) is 23.5 Å². The van der Waals surface area contributed by atoms with Crippen molar-refractivity contribution in [1.82, 2.24) is 0 Å². The van der Waals surface area contributed by atoms with Crippen molar-refractivity contribution < 1.29 is 14.9 Å². The maximum atomic E-state index is 11.1. The average molecular weight is 330 g/mol. The molecular weight excluding hydrogens is 300 g/mol. The van der Waals surface area contributed by atoms with E-state index in [0.717, 1.165) is 31.4 Å². The van der Waals surface area contributed by atoms with E-state index in [1.165, 1.54) is 17.5 Å². The lowest BCUT2D eigenvalue weighted by Crippen LogP contribution is -2.50. The molecule has 132 valence electrons. The van der Waals surface area contributed by atoms with Crippen molar-refractivity contribution in [3.8, 4) is 5.75 Å². The van der Waals surface area contributed by atoms with Gasteiger partial charge in [-0.2, -0.15) is 0 Å². The van der Waals surface area contributed by atoms with Gasteiger partial charge < -0.3 is 14.9 Å². The zero-order valence-corrected chi connectivity index (χ0v) is 15.0. The van der Waals surface area contributed by atoms with Gasteiger partial charge in [0.15, 0.2) is 0 Å². The average Bonchev–Trinajstić information content (AvgIpc) is 2.90. The van der Waals surface area contributed by atoms with Gasteiger partial charge in [-0.3, -0.25) is 0 Å². The first-order valence-corrected chi connectivity index (χ1v) is 9.48. The van der Waals surface area contributed by atoms with Gasteiger partial charge in [0.2, 0.25) is 0 Å². The van der Waals surface area contributed by atoms with Crippen molar-refractivity contribution in [1.29, 1.82) is 0 Å². The molecule has 1 aromatic rings. The summed E-state index contributed by atoms with van der Waals surface area (Å²) in [5, 5.41) is 21.3. The van der Waals surface area contributed by atoms with Gasteiger partial charge in [0.25, 0.3) is 0 Å². The molecule has 7 unspecified atom stereocenters. The van der Waals surface area contributed by atoms with Crippen LogP contribution in [0.15, 0.2) is 18.2 Å². The fourth-order valence-electron chi connectivity index (χ4n) is 6.60. The van der Waals surface area contributed by atoms with Gasteiger partial charge in [0.05, 0.1) is 19.3 Å². The molecule has 0 aliphatic heterocycles. The number of hydrogen-bond donors (Lipinski definition) is 2. The van der Waals surface area contributed by atoms with Gasteiger partial charge >= 0.3 is 0 Å². The fourth-order valence-corrected chi connectivity index (χ4v) is 6.60. The molecule has 0 bridgehead atoms. The maximum Gasteiger partial charge on any atom is 0.119 e. The lowest BCUT2D eigenvalue weighted by atomic mass is 9.53. The summed E-state index contributed by atoms with van der Waals surface area (Å²) in [6.07, 6.45) is 4.77. The molecular formula is C21H30O3. The molecule has 7 atom stereocenters. The van der Waals surface area contributed by atoms with Crippen molar-refractivity contribution >= 4 is 0 Å². The highest BCUT2D eigenvalue weighted by molar-refractivity contribution is 5.41. The third-order valence-electron chi connectivity index (χ3n) is 7.56. The molecule has 4 rings (SSSR count). The van der Waals surface area contributed by atoms with E-state index in [1.54, 1.807) is 7.11 Å². The van der Waals surface area contributed by atoms with E-state index in [1.807, 2.05) is 13.0 Å². The van der Waals surface area contributed by atoms with E-state index < -0.39 is 0 Å². The zero-order chi connectivity index (χ0) is 17.1. The first-order valence-electron chi connectivity index (χ1n) is 9.48. The minimum Gasteiger partial charge on any atom is -0.497 e. The Hall–Kier alpha value is -1.06. The number of rotatable bonds is 2. The molecule has 0 saturated heterocycles. The number of aliphatic hydroxyl groups excluding tert-OH is 2. The molecule has 0 aromatic heterocycles. The first kappa shape index (κ1) is 16.4. The van der Waals surface area contributed by atoms with Crippen LogP contribution in [0.3, 0.4) is 0 Å². The Morgan fingerprint density at radius 1 is 1.25 bits per heavy atom. The molecule has 2 fully saturated rings. The summed E-state index contributed by atoms with van der Waals surface area (Å²) in [5.74, 6) is 2.67. The third kappa shape index (κ3) is 2.24. The highest BCUT2D eigenvalue weighted by Crippen LogP contribution is 2.63. The van der Waals surface area contributed by atoms with Crippen molar-refractivity contribution in [2.75, 3.05) is 7.11 Å². The highest BCUT2D eigenvalue weighted by Gasteiger charge is 2.58. The summed E-state index contributed by atoms with van der Waals surface area (Å²) >= 11 is 0. The third-order valence-corrected chi connectivity index (χ3v) is 7.56. The van der Waals surface area contributed by atoms with E-state index in [9.17, 15) is 10.2 Å². The normalized spacial score (nSPS) is 42.0. The molecule has 1 aromatic carbocycles. The molecule has 0 heterocycles. The van der Waals surface area contributed by atoms with Crippen LogP contribution in [0.4, 0.5) is 0 Å². The zero-order valence-electron chi connectivity index (χ0n) is 15.0. The van der Waals surface area contributed by atoms with Crippen LogP contribution in [-0.2, 0) is 6.42 Å². The summed E-state index contributed by atoms with van der Waals surface area (Å²) in [6.45, 7) is 4.25. The summed E-state index contributed by atoms with van der Waals surface area (Å²) in [7, 11) is 1.71. The quantitative estimate of drug-likeness (QED) is 0.872. The first-order chi connectivity index (χ1) is 11.5. The van der Waals surface area contributed by atoms with Crippen molar-refractivity contribution in [3.63, 3.8) is 0 Å². The summed E-state index contributed by atoms with van der Waals surface area (Å²) in [6, 6.07) is 6.37. The topological polar surface area (TPSA) is 49.7 Å². The van der Waals surface area contributed by atoms with Gasteiger partial charge in [-0.1, -0.05) is 13.0 Å². The van der Waals surface area contributed by atoms with Crippen LogP contribution in [-0.4, -0.2) is 29.5 Å². The Bertz CT molecular complexity index is 626. The van der Waals surface area contributed by atoms with Crippen LogP contribution in [0.2, 0.25) is 0 Å². The van der Waals surface area contributed by atoms with E-state index >= 15 is 0 Å². The van der Waals surface area contributed by atoms with Crippen molar-refractivity contribution in [3.05, 3.63) is 29.3 Å². The second kappa shape index (κ2) is 5.74. The van der Waals surface area contributed by atoms with E-state index in [4.69, 9.17) is 4.74 Å². The molecule has 2 N–H and O–H groups in total. The number of aryl methyl sites for hydroxylation is 1. The number of ether oxygens (including phenoxy) is 1. The lowest BCUT2D eigenvalue weighted by molar-refractivity contribution is -0.0754. The van der Waals surface area contributed by atoms with Crippen molar-refractivity contribution in [2.45, 2.75) is 64.1 Å². The highest BCUT2D eigenvalue weighted by atomic mass is 16.5. The van der Waals surface area contributed by atoms with Crippen LogP contribution in [0, 0.1) is 23.2 Å². The van der Waals surface area contributed by atoms with Gasteiger partial charge in [0.1, 0.15) is 5.75 Å². The molecule has 3 heteroatoms. The van der Waals surface area contributed by atoms with Crippen LogP contribution in [0.5, 0.6) is 5.75 Å². The summed E-state index contributed by atoms with van der Waals surface area (Å²) in [4.78, 5) is 0. The Morgan fingerprint density at radius 3 is 2.75 bits per heavy atom. The van der Waals surface area contributed by atoms with Crippen LogP contribution in [0.25, 0.3) is 0 Å². The predicted molar refractivity (Wildman–Crippen MR) is 94.2 cm³/mol. The Balaban J connectivity index is 1.70. The Morgan fingerprint density at radius 2 is 2.04 bits per heavy atom. The molecule has 3 aliphatic rings. The van der Waals surface area contributed by atoms with E-state index in [2.05, 4.69) is 19.1 Å². The lowest BCUT2D eigenvalue weighted by Gasteiger charge is -2.53. The standard InChI is InChI=1S/C21H30O3/c1-12(22)17-8-9-18-16-6-4-13-10-14(24-3)5-7-15(13)20(16)19(23)11-21(17,18)2/h5,7,10,12,16-20,22-23H,4,6,8-9,11H2,1-3H3. The van der Waals surface area contributed by atoms with Gasteiger partial charge in [-0.05, 0) is 85.5 Å². The second-order valence-electron chi connectivity index (χ2n) is 8.60. The number of methoxy groups -OCH3 is 1. The monoisotopic (exact) mass is 330 g/mol. The fraction of sp³-hybridized carbons (Fsp3) is 0.714. The smallest absolute Gasteiger partial charge is 0.119 e. The van der Waals surface area contributed by atoms with Crippen molar-refractivity contribution in [2.24, 2.45) is 23.2 Å². The number of benzene rings is 1. The molecule has 3 aliphatic carbocycles. The largest absolute Gasteiger partial charge is 0.497 e. The van der Waals surface area contributed by atoms with Gasteiger partial charge in [-0.15, -0.1) is 0 Å². The maximum absolute atomic E-state index is 11.1. The van der Waals surface area contributed by atoms with Crippen LogP contribution >= 0.6 is 0 Å². The minimum absolute atomic E-state index is 0.0821. The second-order valence-corrected chi connectivity index (χ2v) is 8.60. The molecule has 0 spiro atoms. The number of fused-ring (bicyclic) bond motifs is 5. The predicted octanol–water partition coefficient (Wildman–Crippen LogP) is 3.52. The Labute approximate surface area is 145 Å². The van der Waals surface area contributed by atoms with Crippen LogP contribution < -0.4 is 4.74 Å².